The summed E-state index contributed by atoms with van der Waals surface area (Å²) in [7, 11) is 0. The highest BCUT2D eigenvalue weighted by atomic mass is 19.4. The normalized spacial score (nSPS) is 16.9. The van der Waals surface area contributed by atoms with Crippen LogP contribution < -0.4 is 14.5 Å². The molecule has 2 atom stereocenters. The topological polar surface area (TPSA) is 35.9 Å². The van der Waals surface area contributed by atoms with Gasteiger partial charge in [-0.25, -0.2) is 0 Å². The summed E-state index contributed by atoms with van der Waals surface area (Å²) in [4.78, 5) is 3.85. The minimum absolute atomic E-state index is 0.354. The lowest BCUT2D eigenvalue weighted by atomic mass is 9.98. The fourth-order valence-electron chi connectivity index (χ4n) is 4.29. The van der Waals surface area contributed by atoms with Crippen molar-refractivity contribution in [1.82, 2.24) is 0 Å². The van der Waals surface area contributed by atoms with Crippen molar-refractivity contribution in [3.8, 4) is 5.75 Å². The molecular weight excluding hydrogens is 429 g/mol. The Hall–Kier alpha value is -3.19. The van der Waals surface area contributed by atoms with E-state index in [9.17, 15) is 18.3 Å². The number of para-hydroxylation sites is 2. The Bertz CT molecular complexity index is 1060. The first-order valence-corrected chi connectivity index (χ1v) is 11.0. The van der Waals surface area contributed by atoms with Gasteiger partial charge in [0.15, 0.2) is 6.10 Å². The van der Waals surface area contributed by atoms with Crippen LogP contribution in [0.1, 0.15) is 24.1 Å². The minimum atomic E-state index is -4.69. The number of hydrogen-bond donors (Lipinski definition) is 1. The summed E-state index contributed by atoms with van der Waals surface area (Å²) in [5.41, 5.74) is 3.45. The number of alkyl halides is 3. The van der Waals surface area contributed by atoms with Crippen molar-refractivity contribution < 1.29 is 23.0 Å². The van der Waals surface area contributed by atoms with E-state index in [1.807, 2.05) is 85.8 Å². The number of fused-ring (bicyclic) bond motifs is 1. The summed E-state index contributed by atoms with van der Waals surface area (Å²) >= 11 is 0. The first kappa shape index (κ1) is 23.0. The summed E-state index contributed by atoms with van der Waals surface area (Å²) < 4.78 is 45.5. The predicted molar refractivity (Wildman–Crippen MR) is 124 cm³/mol. The average molecular weight is 457 g/mol. The molecule has 0 saturated carbocycles. The molecule has 2 unspecified atom stereocenters. The third kappa shape index (κ3) is 5.25. The van der Waals surface area contributed by atoms with Crippen LogP contribution >= 0.6 is 0 Å². The molecule has 1 heterocycles. The van der Waals surface area contributed by atoms with Gasteiger partial charge in [-0.05, 0) is 42.3 Å². The second kappa shape index (κ2) is 9.75. The predicted octanol–water partition coefficient (Wildman–Crippen LogP) is 5.58. The Balaban J connectivity index is 1.72. The van der Waals surface area contributed by atoms with Crippen LogP contribution in [0.3, 0.4) is 0 Å². The molecule has 0 fully saturated rings. The van der Waals surface area contributed by atoms with E-state index in [0.29, 0.717) is 25.4 Å². The summed E-state index contributed by atoms with van der Waals surface area (Å²) in [6.07, 6.45) is -7.13. The largest absolute Gasteiger partial charge is 0.494 e. The SMILES string of the molecule is CCOc1cccc(CN2CC(c3ccccc3)N(CC(O)C(F)(F)F)c3ccccc32)c1. The minimum Gasteiger partial charge on any atom is -0.494 e. The molecule has 0 spiro atoms. The van der Waals surface area contributed by atoms with E-state index < -0.39 is 18.8 Å². The molecule has 1 aliphatic rings. The van der Waals surface area contributed by atoms with Gasteiger partial charge in [-0.2, -0.15) is 13.2 Å². The zero-order chi connectivity index (χ0) is 23.4. The fraction of sp³-hybridized carbons (Fsp3) is 0.308. The smallest absolute Gasteiger partial charge is 0.416 e. The van der Waals surface area contributed by atoms with Gasteiger partial charge < -0.3 is 19.6 Å². The third-order valence-electron chi connectivity index (χ3n) is 5.82. The maximum absolute atomic E-state index is 13.3. The van der Waals surface area contributed by atoms with Crippen LogP contribution in [-0.2, 0) is 6.54 Å². The monoisotopic (exact) mass is 456 g/mol. The molecule has 4 nitrogen and oxygen atoms in total. The first-order valence-electron chi connectivity index (χ1n) is 11.0. The molecule has 0 bridgehead atoms. The second-order valence-electron chi connectivity index (χ2n) is 8.09. The van der Waals surface area contributed by atoms with Gasteiger partial charge in [-0.1, -0.05) is 54.6 Å². The fourth-order valence-corrected chi connectivity index (χ4v) is 4.29. The van der Waals surface area contributed by atoms with Crippen LogP contribution in [0, 0.1) is 0 Å². The van der Waals surface area contributed by atoms with Crippen molar-refractivity contribution in [3.63, 3.8) is 0 Å². The van der Waals surface area contributed by atoms with Gasteiger partial charge in [0.2, 0.25) is 0 Å². The van der Waals surface area contributed by atoms with Crippen molar-refractivity contribution in [1.29, 1.82) is 0 Å². The Morgan fingerprint density at radius 3 is 2.36 bits per heavy atom. The number of aliphatic hydroxyl groups excluding tert-OH is 1. The zero-order valence-electron chi connectivity index (χ0n) is 18.4. The molecule has 4 rings (SSSR count). The number of hydrogen-bond acceptors (Lipinski definition) is 4. The number of β-amino-alcohol motifs (C(OH)–C–C–N with tert-alkyl or cyclic N) is 1. The lowest BCUT2D eigenvalue weighted by Gasteiger charge is -2.45. The van der Waals surface area contributed by atoms with Crippen molar-refractivity contribution in [2.75, 3.05) is 29.5 Å². The highest BCUT2D eigenvalue weighted by molar-refractivity contribution is 5.74. The summed E-state index contributed by atoms with van der Waals surface area (Å²) in [6, 6.07) is 24.4. The van der Waals surface area contributed by atoms with Crippen LogP contribution in [-0.4, -0.2) is 37.1 Å². The van der Waals surface area contributed by atoms with E-state index in [1.54, 1.807) is 4.90 Å². The van der Waals surface area contributed by atoms with Crippen molar-refractivity contribution in [2.45, 2.75) is 31.8 Å². The summed E-state index contributed by atoms with van der Waals surface area (Å²) in [5.74, 6) is 0.787. The van der Waals surface area contributed by atoms with Gasteiger partial charge in [-0.3, -0.25) is 0 Å². The summed E-state index contributed by atoms with van der Waals surface area (Å²) in [6.45, 7) is 3.03. The molecule has 0 saturated heterocycles. The molecule has 0 aliphatic carbocycles. The molecule has 174 valence electrons. The van der Waals surface area contributed by atoms with Gasteiger partial charge in [0, 0.05) is 13.1 Å². The van der Waals surface area contributed by atoms with Crippen LogP contribution in [0.15, 0.2) is 78.9 Å². The number of ether oxygens (including phenoxy) is 1. The molecule has 3 aromatic carbocycles. The maximum atomic E-state index is 13.3. The van der Waals surface area contributed by atoms with E-state index in [4.69, 9.17) is 4.74 Å². The van der Waals surface area contributed by atoms with Gasteiger partial charge in [0.1, 0.15) is 5.75 Å². The van der Waals surface area contributed by atoms with Gasteiger partial charge in [0.25, 0.3) is 0 Å². The van der Waals surface area contributed by atoms with Crippen LogP contribution in [0.4, 0.5) is 24.5 Å². The lowest BCUT2D eigenvalue weighted by molar-refractivity contribution is -0.200. The zero-order valence-corrected chi connectivity index (χ0v) is 18.4. The molecule has 7 heteroatoms. The standard InChI is InChI=1S/C26H27F3N2O2/c1-2-33-21-12-8-9-19(15-21)16-30-17-24(20-10-4-3-5-11-20)31(18-25(32)26(27,28)29)23-14-7-6-13-22(23)30/h3-15,24-25,32H,2,16-18H2,1H3. The quantitative estimate of drug-likeness (QED) is 0.504. The van der Waals surface area contributed by atoms with Crippen molar-refractivity contribution in [3.05, 3.63) is 90.0 Å². The Morgan fingerprint density at radius 1 is 0.970 bits per heavy atom. The molecule has 0 radical (unpaired) electrons. The van der Waals surface area contributed by atoms with Crippen LogP contribution in [0.2, 0.25) is 0 Å². The number of anilines is 2. The van der Waals surface area contributed by atoms with Crippen molar-refractivity contribution >= 4 is 11.4 Å². The lowest BCUT2D eigenvalue weighted by Crippen LogP contribution is -2.49. The van der Waals surface area contributed by atoms with Crippen LogP contribution in [0.5, 0.6) is 5.75 Å². The maximum Gasteiger partial charge on any atom is 0.416 e. The second-order valence-corrected chi connectivity index (χ2v) is 8.09. The molecule has 3 aromatic rings. The number of benzene rings is 3. The number of halogens is 3. The molecule has 0 amide bonds. The Labute approximate surface area is 191 Å². The van der Waals surface area contributed by atoms with Crippen molar-refractivity contribution in [2.24, 2.45) is 0 Å². The Kier molecular flexibility index (Phi) is 6.79. The third-order valence-corrected chi connectivity index (χ3v) is 5.82. The summed E-state index contributed by atoms with van der Waals surface area (Å²) in [5, 5.41) is 9.92. The van der Waals surface area contributed by atoms with E-state index in [2.05, 4.69) is 4.90 Å². The molecule has 1 N–H and O–H groups in total. The van der Waals surface area contributed by atoms with Gasteiger partial charge in [-0.15, -0.1) is 0 Å². The Morgan fingerprint density at radius 2 is 1.67 bits per heavy atom. The molecule has 1 aliphatic heterocycles. The van der Waals surface area contributed by atoms with E-state index in [1.165, 1.54) is 0 Å². The molecule has 33 heavy (non-hydrogen) atoms. The number of rotatable bonds is 7. The highest BCUT2D eigenvalue weighted by Gasteiger charge is 2.42. The van der Waals surface area contributed by atoms with E-state index in [-0.39, 0.29) is 6.04 Å². The average Bonchev–Trinajstić information content (AvgIpc) is 2.81. The first-order chi connectivity index (χ1) is 15.9. The van der Waals surface area contributed by atoms with Gasteiger partial charge >= 0.3 is 6.18 Å². The number of nitrogens with zero attached hydrogens (tertiary/aromatic N) is 2. The van der Waals surface area contributed by atoms with Gasteiger partial charge in [0.05, 0.1) is 30.6 Å². The van der Waals surface area contributed by atoms with Crippen LogP contribution in [0.25, 0.3) is 0 Å². The van der Waals surface area contributed by atoms with E-state index >= 15 is 0 Å². The highest BCUT2D eigenvalue weighted by Crippen LogP contribution is 2.42. The van der Waals surface area contributed by atoms with E-state index in [0.717, 1.165) is 22.6 Å². The number of aliphatic hydroxyl groups is 1. The molecular formula is C26H27F3N2O2. The molecule has 0 aromatic heterocycles.